The Morgan fingerprint density at radius 2 is 2.00 bits per heavy atom. The van der Waals surface area contributed by atoms with Crippen LogP contribution in [0.5, 0.6) is 0 Å². The van der Waals surface area contributed by atoms with Crippen molar-refractivity contribution in [2.75, 3.05) is 13.2 Å². The van der Waals surface area contributed by atoms with E-state index in [4.69, 9.17) is 4.74 Å². The first-order chi connectivity index (χ1) is 8.13. The highest BCUT2D eigenvalue weighted by molar-refractivity contribution is 5.83. The molecule has 0 heterocycles. The molecule has 0 N–H and O–H groups in total. The molecule has 0 fully saturated rings. The lowest BCUT2D eigenvalue weighted by molar-refractivity contribution is -0.157. The maximum atomic E-state index is 11.2. The van der Waals surface area contributed by atoms with Gasteiger partial charge in [0, 0.05) is 6.08 Å². The van der Waals surface area contributed by atoms with Crippen molar-refractivity contribution in [3.63, 3.8) is 0 Å². The summed E-state index contributed by atoms with van der Waals surface area (Å²) in [6.45, 7) is 7.51. The minimum absolute atomic E-state index is 0.338. The molecule has 0 aromatic carbocycles. The summed E-state index contributed by atoms with van der Waals surface area (Å²) >= 11 is 0. The molecular formula is C13H22O4. The van der Waals surface area contributed by atoms with Crippen molar-refractivity contribution in [1.29, 1.82) is 0 Å². The van der Waals surface area contributed by atoms with Gasteiger partial charge < -0.3 is 9.47 Å². The van der Waals surface area contributed by atoms with Crippen LogP contribution in [0.2, 0.25) is 0 Å². The number of rotatable bonds is 9. The molecule has 0 saturated carbocycles. The second kappa shape index (κ2) is 9.87. The van der Waals surface area contributed by atoms with Gasteiger partial charge in [0.2, 0.25) is 0 Å². The molecule has 1 unspecified atom stereocenters. The lowest BCUT2D eigenvalue weighted by Crippen LogP contribution is -2.19. The number of carbonyl (C=O) groups is 2. The minimum atomic E-state index is -0.611. The molecule has 1 atom stereocenters. The first-order valence-electron chi connectivity index (χ1n) is 6.08. The lowest BCUT2D eigenvalue weighted by Gasteiger charge is -2.14. The van der Waals surface area contributed by atoms with E-state index < -0.39 is 11.9 Å². The van der Waals surface area contributed by atoms with E-state index in [0.717, 1.165) is 31.8 Å². The molecular weight excluding hydrogens is 220 g/mol. The van der Waals surface area contributed by atoms with Gasteiger partial charge in [-0.15, -0.1) is 0 Å². The molecule has 98 valence electrons. The van der Waals surface area contributed by atoms with Crippen molar-refractivity contribution in [3.8, 4) is 0 Å². The van der Waals surface area contributed by atoms with Gasteiger partial charge in [0.15, 0.2) is 6.61 Å². The second-order valence-corrected chi connectivity index (χ2v) is 3.91. The molecule has 0 aliphatic rings. The molecule has 0 aliphatic carbocycles. The Morgan fingerprint density at radius 1 is 1.29 bits per heavy atom. The molecule has 0 aliphatic heterocycles. The second-order valence-electron chi connectivity index (χ2n) is 3.91. The van der Waals surface area contributed by atoms with Gasteiger partial charge in [-0.05, 0) is 12.3 Å². The van der Waals surface area contributed by atoms with Gasteiger partial charge >= 0.3 is 11.9 Å². The fraction of sp³-hybridized carbons (Fsp3) is 0.692. The maximum Gasteiger partial charge on any atom is 0.344 e. The third kappa shape index (κ3) is 8.48. The summed E-state index contributed by atoms with van der Waals surface area (Å²) in [6.07, 6.45) is 5.35. The average molecular weight is 242 g/mol. The summed E-state index contributed by atoms with van der Waals surface area (Å²) in [7, 11) is 0. The van der Waals surface area contributed by atoms with Gasteiger partial charge in [-0.2, -0.15) is 0 Å². The quantitative estimate of drug-likeness (QED) is 0.460. The van der Waals surface area contributed by atoms with E-state index in [1.54, 1.807) is 0 Å². The van der Waals surface area contributed by atoms with Crippen LogP contribution in [0.25, 0.3) is 0 Å². The fourth-order valence-electron chi connectivity index (χ4n) is 1.34. The molecule has 0 bridgehead atoms. The van der Waals surface area contributed by atoms with Crippen LogP contribution in [0.4, 0.5) is 0 Å². The highest BCUT2D eigenvalue weighted by Crippen LogP contribution is 2.12. The zero-order valence-electron chi connectivity index (χ0n) is 10.7. The molecule has 4 heteroatoms. The van der Waals surface area contributed by atoms with Gasteiger partial charge in [0.1, 0.15) is 0 Å². The Bertz CT molecular complexity index is 248. The van der Waals surface area contributed by atoms with E-state index in [1.165, 1.54) is 0 Å². The third-order valence-electron chi connectivity index (χ3n) is 2.52. The van der Waals surface area contributed by atoms with Gasteiger partial charge in [-0.1, -0.05) is 39.7 Å². The number of ether oxygens (including phenoxy) is 2. The van der Waals surface area contributed by atoms with Crippen molar-refractivity contribution in [2.24, 2.45) is 5.92 Å². The summed E-state index contributed by atoms with van der Waals surface area (Å²) in [5.74, 6) is -0.718. The fourth-order valence-corrected chi connectivity index (χ4v) is 1.34. The molecule has 0 aromatic rings. The molecule has 17 heavy (non-hydrogen) atoms. The SMILES string of the molecule is C=CC(=O)OCC(=O)OCC(CC)CCCC. The standard InChI is InChI=1S/C13H22O4/c1-4-7-8-11(5-2)9-16-13(15)10-17-12(14)6-3/h6,11H,3-5,7-10H2,1-2H3. The molecule has 0 spiro atoms. The number of unbranched alkanes of at least 4 members (excludes halogenated alkanes) is 1. The number of hydrogen-bond acceptors (Lipinski definition) is 4. The highest BCUT2D eigenvalue weighted by atomic mass is 16.6. The number of esters is 2. The zero-order chi connectivity index (χ0) is 13.1. The number of carbonyl (C=O) groups excluding carboxylic acids is 2. The van der Waals surface area contributed by atoms with Crippen LogP contribution in [0.15, 0.2) is 12.7 Å². The summed E-state index contributed by atoms with van der Waals surface area (Å²) in [4.78, 5) is 21.9. The van der Waals surface area contributed by atoms with E-state index in [-0.39, 0.29) is 6.61 Å². The van der Waals surface area contributed by atoms with Crippen LogP contribution in [0.3, 0.4) is 0 Å². The van der Waals surface area contributed by atoms with Gasteiger partial charge in [-0.3, -0.25) is 0 Å². The topological polar surface area (TPSA) is 52.6 Å². The van der Waals surface area contributed by atoms with Crippen LogP contribution in [-0.2, 0) is 19.1 Å². The van der Waals surface area contributed by atoms with Crippen LogP contribution in [0.1, 0.15) is 39.5 Å². The van der Waals surface area contributed by atoms with Crippen molar-refractivity contribution in [2.45, 2.75) is 39.5 Å². The van der Waals surface area contributed by atoms with Crippen molar-refractivity contribution in [1.82, 2.24) is 0 Å². The predicted octanol–water partition coefficient (Wildman–Crippen LogP) is 2.48. The molecule has 4 nitrogen and oxygen atoms in total. The Hall–Kier alpha value is -1.32. The van der Waals surface area contributed by atoms with Crippen LogP contribution >= 0.6 is 0 Å². The Kier molecular flexibility index (Phi) is 9.11. The average Bonchev–Trinajstić information content (AvgIpc) is 2.36. The van der Waals surface area contributed by atoms with E-state index >= 15 is 0 Å². The lowest BCUT2D eigenvalue weighted by atomic mass is 10.0. The summed E-state index contributed by atoms with van der Waals surface area (Å²) < 4.78 is 9.61. The van der Waals surface area contributed by atoms with E-state index in [0.29, 0.717) is 12.5 Å². The molecule has 0 amide bonds. The molecule has 0 rings (SSSR count). The van der Waals surface area contributed by atoms with Gasteiger partial charge in [0.25, 0.3) is 0 Å². The monoisotopic (exact) mass is 242 g/mol. The van der Waals surface area contributed by atoms with Crippen LogP contribution in [-0.4, -0.2) is 25.2 Å². The molecule has 0 aromatic heterocycles. The highest BCUT2D eigenvalue weighted by Gasteiger charge is 2.11. The first-order valence-corrected chi connectivity index (χ1v) is 6.08. The first kappa shape index (κ1) is 15.7. The zero-order valence-corrected chi connectivity index (χ0v) is 10.7. The predicted molar refractivity (Wildman–Crippen MR) is 65.4 cm³/mol. The smallest absolute Gasteiger partial charge is 0.344 e. The van der Waals surface area contributed by atoms with Crippen molar-refractivity contribution >= 4 is 11.9 Å². The van der Waals surface area contributed by atoms with Crippen LogP contribution < -0.4 is 0 Å². The number of hydrogen-bond donors (Lipinski definition) is 0. The molecule has 0 saturated heterocycles. The summed E-state index contributed by atoms with van der Waals surface area (Å²) in [6, 6.07) is 0. The largest absolute Gasteiger partial charge is 0.463 e. The summed E-state index contributed by atoms with van der Waals surface area (Å²) in [5, 5.41) is 0. The minimum Gasteiger partial charge on any atom is -0.463 e. The summed E-state index contributed by atoms with van der Waals surface area (Å²) in [5.41, 5.74) is 0. The van der Waals surface area contributed by atoms with E-state index in [1.807, 2.05) is 0 Å². The Morgan fingerprint density at radius 3 is 2.53 bits per heavy atom. The van der Waals surface area contributed by atoms with E-state index in [9.17, 15) is 9.59 Å². The van der Waals surface area contributed by atoms with Gasteiger partial charge in [-0.25, -0.2) is 9.59 Å². The maximum absolute atomic E-state index is 11.2. The Labute approximate surface area is 103 Å². The van der Waals surface area contributed by atoms with Crippen molar-refractivity contribution < 1.29 is 19.1 Å². The van der Waals surface area contributed by atoms with Crippen molar-refractivity contribution in [3.05, 3.63) is 12.7 Å². The third-order valence-corrected chi connectivity index (χ3v) is 2.52. The Balaban J connectivity index is 3.72. The van der Waals surface area contributed by atoms with E-state index in [2.05, 4.69) is 25.2 Å². The van der Waals surface area contributed by atoms with Crippen LogP contribution in [0, 0.1) is 5.92 Å². The molecule has 0 radical (unpaired) electrons. The normalized spacial score (nSPS) is 11.6. The van der Waals surface area contributed by atoms with Gasteiger partial charge in [0.05, 0.1) is 6.61 Å².